The molecule has 0 aliphatic heterocycles. The second-order valence-electron chi connectivity index (χ2n) is 10.1. The third-order valence-corrected chi connectivity index (χ3v) is 9.06. The number of aliphatic carboxylic acids is 1. The number of hydrogen-bond donors (Lipinski definition) is 1. The van der Waals surface area contributed by atoms with Crippen molar-refractivity contribution in [1.29, 1.82) is 0 Å². The first kappa shape index (κ1) is 18.9. The predicted molar refractivity (Wildman–Crippen MR) is 98.8 cm³/mol. The van der Waals surface area contributed by atoms with Crippen molar-refractivity contribution in [2.24, 2.45) is 40.4 Å². The fraction of sp³-hybridized carbons (Fsp3) is 0.864. The number of ketones is 1. The second kappa shape index (κ2) is 6.31. The minimum atomic E-state index is -0.946. The summed E-state index contributed by atoms with van der Waals surface area (Å²) < 4.78 is 5.70. The van der Waals surface area contributed by atoms with Crippen LogP contribution in [0.15, 0.2) is 0 Å². The van der Waals surface area contributed by atoms with E-state index in [9.17, 15) is 19.5 Å². The number of carbonyl (C=O) groups is 3. The number of ether oxygens (including phenoxy) is 1. The molecular formula is C22H32O5. The normalized spacial score (nSPS) is 48.9. The predicted octanol–water partition coefficient (Wildman–Crippen LogP) is 3.84. The lowest BCUT2D eigenvalue weighted by molar-refractivity contribution is -0.168. The van der Waals surface area contributed by atoms with Crippen LogP contribution in [0, 0.1) is 40.4 Å². The molecule has 0 aromatic heterocycles. The molecule has 5 nitrogen and oxygen atoms in total. The van der Waals surface area contributed by atoms with Crippen LogP contribution in [0.2, 0.25) is 0 Å². The fourth-order valence-electron chi connectivity index (χ4n) is 7.70. The van der Waals surface area contributed by atoms with Gasteiger partial charge in [0.2, 0.25) is 0 Å². The molecule has 4 saturated carbocycles. The molecule has 27 heavy (non-hydrogen) atoms. The van der Waals surface area contributed by atoms with E-state index in [1.54, 1.807) is 0 Å². The van der Waals surface area contributed by atoms with Crippen molar-refractivity contribution in [2.75, 3.05) is 0 Å². The van der Waals surface area contributed by atoms with Crippen LogP contribution in [0.4, 0.5) is 0 Å². The zero-order chi connectivity index (χ0) is 19.6. The lowest BCUT2D eigenvalue weighted by Gasteiger charge is -2.60. The summed E-state index contributed by atoms with van der Waals surface area (Å²) in [5.41, 5.74) is -0.00650. The summed E-state index contributed by atoms with van der Waals surface area (Å²) in [6.07, 6.45) is 7.25. The fourth-order valence-corrected chi connectivity index (χ4v) is 7.70. The molecular weight excluding hydrogens is 344 g/mol. The van der Waals surface area contributed by atoms with Gasteiger partial charge in [-0.25, -0.2) is 0 Å². The van der Waals surface area contributed by atoms with E-state index in [0.29, 0.717) is 36.5 Å². The average molecular weight is 376 g/mol. The number of hydrogen-bond acceptors (Lipinski definition) is 4. The van der Waals surface area contributed by atoms with Crippen LogP contribution in [-0.2, 0) is 19.1 Å². The maximum atomic E-state index is 12.3. The minimum Gasteiger partial charge on any atom is -0.481 e. The Morgan fingerprint density at radius 1 is 1.04 bits per heavy atom. The molecule has 0 heterocycles. The van der Waals surface area contributed by atoms with E-state index in [-0.39, 0.29) is 28.7 Å². The molecule has 8 atom stereocenters. The van der Waals surface area contributed by atoms with Crippen LogP contribution in [0.1, 0.15) is 72.1 Å². The van der Waals surface area contributed by atoms with Gasteiger partial charge in [0.1, 0.15) is 17.8 Å². The summed E-state index contributed by atoms with van der Waals surface area (Å²) in [7, 11) is 0. The van der Waals surface area contributed by atoms with E-state index < -0.39 is 11.9 Å². The van der Waals surface area contributed by atoms with E-state index in [0.717, 1.165) is 38.5 Å². The Bertz CT molecular complexity index is 672. The first-order valence-corrected chi connectivity index (χ1v) is 10.6. The molecule has 0 radical (unpaired) electrons. The molecule has 4 aliphatic carbocycles. The van der Waals surface area contributed by atoms with E-state index in [2.05, 4.69) is 13.8 Å². The molecule has 1 N–H and O–H groups in total. The van der Waals surface area contributed by atoms with Gasteiger partial charge in [-0.1, -0.05) is 13.8 Å². The molecule has 4 aliphatic rings. The van der Waals surface area contributed by atoms with Crippen LogP contribution in [0.3, 0.4) is 0 Å². The standard InChI is InChI=1S/C22H32O5/c1-12(23)27-19-7-6-16-14-5-4-13-10-18(24)15(20(25)26)11-22(13,3)17(14)8-9-21(16,19)2/h13-17,19H,4-11H2,1-3H3,(H,25,26)/t13-,14-,15?,16-,17-,19?,21-,22-/m0/s1. The molecule has 0 bridgehead atoms. The highest BCUT2D eigenvalue weighted by atomic mass is 16.5. The van der Waals surface area contributed by atoms with Crippen molar-refractivity contribution in [3.05, 3.63) is 0 Å². The summed E-state index contributed by atoms with van der Waals surface area (Å²) in [5, 5.41) is 9.55. The molecule has 0 aromatic carbocycles. The Kier molecular flexibility index (Phi) is 4.43. The third kappa shape index (κ3) is 2.75. The first-order chi connectivity index (χ1) is 12.7. The van der Waals surface area contributed by atoms with Crippen molar-refractivity contribution in [2.45, 2.75) is 78.2 Å². The maximum Gasteiger partial charge on any atom is 0.314 e. The number of Topliss-reactive ketones (excluding diaryl/α,β-unsaturated/α-hetero) is 1. The second-order valence-corrected chi connectivity index (χ2v) is 10.1. The van der Waals surface area contributed by atoms with E-state index in [1.807, 2.05) is 0 Å². The third-order valence-electron chi connectivity index (χ3n) is 9.06. The molecule has 0 amide bonds. The Morgan fingerprint density at radius 2 is 1.74 bits per heavy atom. The lowest BCUT2D eigenvalue weighted by atomic mass is 9.44. The number of carboxylic acids is 1. The van der Waals surface area contributed by atoms with Crippen LogP contribution in [0.5, 0.6) is 0 Å². The minimum absolute atomic E-state index is 0.0196. The number of esters is 1. The molecule has 150 valence electrons. The first-order valence-electron chi connectivity index (χ1n) is 10.6. The van der Waals surface area contributed by atoms with Gasteiger partial charge >= 0.3 is 11.9 Å². The largest absolute Gasteiger partial charge is 0.481 e. The van der Waals surface area contributed by atoms with Gasteiger partial charge in [0.15, 0.2) is 0 Å². The average Bonchev–Trinajstić information content (AvgIpc) is 2.91. The summed E-state index contributed by atoms with van der Waals surface area (Å²) in [4.78, 5) is 35.6. The van der Waals surface area contributed by atoms with Crippen molar-refractivity contribution >= 4 is 17.7 Å². The molecule has 4 fully saturated rings. The van der Waals surface area contributed by atoms with Crippen molar-refractivity contribution in [3.63, 3.8) is 0 Å². The zero-order valence-electron chi connectivity index (χ0n) is 16.7. The molecule has 0 saturated heterocycles. The summed E-state index contributed by atoms with van der Waals surface area (Å²) >= 11 is 0. The van der Waals surface area contributed by atoms with Gasteiger partial charge in [0.25, 0.3) is 0 Å². The summed E-state index contributed by atoms with van der Waals surface area (Å²) in [5.74, 6) is -0.103. The Hall–Kier alpha value is -1.39. The zero-order valence-corrected chi connectivity index (χ0v) is 16.7. The summed E-state index contributed by atoms with van der Waals surface area (Å²) in [6.45, 7) is 6.06. The van der Waals surface area contributed by atoms with E-state index in [1.165, 1.54) is 6.92 Å². The van der Waals surface area contributed by atoms with Crippen molar-refractivity contribution < 1.29 is 24.2 Å². The van der Waals surface area contributed by atoms with Crippen LogP contribution >= 0.6 is 0 Å². The highest BCUT2D eigenvalue weighted by Gasteiger charge is 2.62. The highest BCUT2D eigenvalue weighted by Crippen LogP contribution is 2.66. The number of rotatable bonds is 2. The quantitative estimate of drug-likeness (QED) is 0.585. The van der Waals surface area contributed by atoms with Gasteiger partial charge < -0.3 is 9.84 Å². The SMILES string of the molecule is CC(=O)OC1CC[C@H]2[C@@H]3CC[C@H]4CC(=O)C(C(=O)O)C[C@]4(C)[C@H]3CC[C@]12C. The topological polar surface area (TPSA) is 80.7 Å². The van der Waals surface area contributed by atoms with Crippen molar-refractivity contribution in [1.82, 2.24) is 0 Å². The molecule has 5 heteroatoms. The number of fused-ring (bicyclic) bond motifs is 5. The lowest BCUT2D eigenvalue weighted by Crippen LogP contribution is -2.56. The van der Waals surface area contributed by atoms with Gasteiger partial charge in [0.05, 0.1) is 0 Å². The van der Waals surface area contributed by atoms with E-state index >= 15 is 0 Å². The van der Waals surface area contributed by atoms with Crippen LogP contribution < -0.4 is 0 Å². The Morgan fingerprint density at radius 3 is 2.41 bits per heavy atom. The smallest absolute Gasteiger partial charge is 0.314 e. The highest BCUT2D eigenvalue weighted by molar-refractivity contribution is 5.99. The van der Waals surface area contributed by atoms with Gasteiger partial charge in [0, 0.05) is 18.8 Å². The number of carboxylic acid groups (broad SMARTS) is 1. The van der Waals surface area contributed by atoms with E-state index in [4.69, 9.17) is 4.74 Å². The monoisotopic (exact) mass is 376 g/mol. The van der Waals surface area contributed by atoms with Crippen LogP contribution in [-0.4, -0.2) is 28.9 Å². The number of carbonyl (C=O) groups excluding carboxylic acids is 2. The van der Waals surface area contributed by atoms with Gasteiger partial charge in [-0.3, -0.25) is 14.4 Å². The maximum absolute atomic E-state index is 12.3. The summed E-state index contributed by atoms with van der Waals surface area (Å²) in [6, 6.07) is 0. The Labute approximate surface area is 161 Å². The van der Waals surface area contributed by atoms with Crippen molar-refractivity contribution in [3.8, 4) is 0 Å². The molecule has 0 aromatic rings. The molecule has 4 rings (SSSR count). The van der Waals surface area contributed by atoms with Gasteiger partial charge in [-0.15, -0.1) is 0 Å². The Balaban J connectivity index is 1.60. The van der Waals surface area contributed by atoms with Gasteiger partial charge in [-0.2, -0.15) is 0 Å². The molecule has 0 spiro atoms. The van der Waals surface area contributed by atoms with Gasteiger partial charge in [-0.05, 0) is 74.0 Å². The molecule has 2 unspecified atom stereocenters. The van der Waals surface area contributed by atoms with Crippen LogP contribution in [0.25, 0.3) is 0 Å².